The third-order valence-corrected chi connectivity index (χ3v) is 3.62. The Morgan fingerprint density at radius 1 is 1.25 bits per heavy atom. The molecule has 0 atom stereocenters. The highest BCUT2D eigenvalue weighted by Crippen LogP contribution is 2.16. The van der Waals surface area contributed by atoms with Crippen LogP contribution in [0.5, 0.6) is 0 Å². The second-order valence-electron chi connectivity index (χ2n) is 5.73. The largest absolute Gasteiger partial charge is 0.805 e. The van der Waals surface area contributed by atoms with E-state index in [2.05, 4.69) is 9.97 Å². The Labute approximate surface area is 138 Å². The number of fused-ring (bicyclic) bond motifs is 1. The van der Waals surface area contributed by atoms with Crippen LogP contribution in [-0.4, -0.2) is 14.7 Å². The first-order chi connectivity index (χ1) is 11.5. The average molecular weight is 323 g/mol. The van der Waals surface area contributed by atoms with Crippen LogP contribution in [0.2, 0.25) is 0 Å². The smallest absolute Gasteiger partial charge is 0.286 e. The van der Waals surface area contributed by atoms with Crippen LogP contribution >= 0.6 is 0 Å². The van der Waals surface area contributed by atoms with Crippen molar-refractivity contribution in [3.8, 4) is 0 Å². The van der Waals surface area contributed by atoms with Crippen LogP contribution < -0.4 is 10.2 Å². The van der Waals surface area contributed by atoms with Crippen molar-refractivity contribution in [1.29, 1.82) is 0 Å². The molecule has 0 radical (unpaired) electrons. The standard InChI is InChI=1S/C17H17N5O2/c1-11(2)14-9-12(19-17(18)20-14)7-8-13-10-21(23)15-5-3-4-6-16(15)22(13)24/h3-11H,1-2H3,(H2,18,19,20). The van der Waals surface area contributed by atoms with Gasteiger partial charge < -0.3 is 15.7 Å². The lowest BCUT2D eigenvalue weighted by Gasteiger charge is -2.14. The zero-order valence-electron chi connectivity index (χ0n) is 13.4. The quantitative estimate of drug-likeness (QED) is 0.746. The topological polar surface area (TPSA) is 103 Å². The molecule has 3 aromatic rings. The van der Waals surface area contributed by atoms with Crippen LogP contribution in [0.4, 0.5) is 5.95 Å². The summed E-state index contributed by atoms with van der Waals surface area (Å²) < 4.78 is 1.39. The zero-order valence-corrected chi connectivity index (χ0v) is 13.4. The normalized spacial score (nSPS) is 11.6. The van der Waals surface area contributed by atoms with Gasteiger partial charge in [0.15, 0.2) is 0 Å². The van der Waals surface area contributed by atoms with Crippen LogP contribution in [0.3, 0.4) is 0 Å². The number of para-hydroxylation sites is 2. The predicted molar refractivity (Wildman–Crippen MR) is 93.5 cm³/mol. The lowest BCUT2D eigenvalue weighted by atomic mass is 10.1. The third-order valence-electron chi connectivity index (χ3n) is 3.62. The van der Waals surface area contributed by atoms with E-state index >= 15 is 0 Å². The maximum absolute atomic E-state index is 12.4. The van der Waals surface area contributed by atoms with Crippen LogP contribution in [-0.2, 0) is 0 Å². The number of rotatable bonds is 3. The number of hydrogen-bond acceptors (Lipinski definition) is 5. The van der Waals surface area contributed by atoms with E-state index in [-0.39, 0.29) is 17.6 Å². The summed E-state index contributed by atoms with van der Waals surface area (Å²) in [5.41, 5.74) is 7.95. The monoisotopic (exact) mass is 323 g/mol. The maximum Gasteiger partial charge on any atom is 0.286 e. The number of aromatic nitrogens is 4. The molecule has 24 heavy (non-hydrogen) atoms. The number of anilines is 1. The van der Waals surface area contributed by atoms with Gasteiger partial charge in [-0.05, 0) is 30.2 Å². The zero-order chi connectivity index (χ0) is 17.3. The molecule has 2 heterocycles. The minimum Gasteiger partial charge on any atom is -0.805 e. The summed E-state index contributed by atoms with van der Waals surface area (Å²) in [6, 6.07) is 8.43. The predicted octanol–water partition coefficient (Wildman–Crippen LogP) is 2.57. The number of hydrogen-bond donors (Lipinski definition) is 1. The molecule has 2 N–H and O–H groups in total. The maximum atomic E-state index is 12.4. The van der Waals surface area contributed by atoms with Crippen molar-refractivity contribution in [1.82, 2.24) is 14.7 Å². The summed E-state index contributed by atoms with van der Waals surface area (Å²) in [6.07, 6.45) is 4.42. The van der Waals surface area contributed by atoms with Crippen molar-refractivity contribution in [2.24, 2.45) is 0 Å². The molecule has 7 heteroatoms. The van der Waals surface area contributed by atoms with Crippen molar-refractivity contribution < 1.29 is 4.43 Å². The van der Waals surface area contributed by atoms with Gasteiger partial charge in [0.25, 0.3) is 11.7 Å². The molecule has 0 spiro atoms. The highest BCUT2D eigenvalue weighted by atomic mass is 16.5. The van der Waals surface area contributed by atoms with Gasteiger partial charge in [-0.3, -0.25) is 0 Å². The molecule has 0 aliphatic carbocycles. The molecule has 0 saturated heterocycles. The Balaban J connectivity index is 2.06. The molecule has 0 bridgehead atoms. The van der Waals surface area contributed by atoms with Gasteiger partial charge in [-0.2, -0.15) is 0 Å². The van der Waals surface area contributed by atoms with Gasteiger partial charge in [0, 0.05) is 16.7 Å². The van der Waals surface area contributed by atoms with E-state index in [1.165, 1.54) is 6.20 Å². The van der Waals surface area contributed by atoms with Crippen molar-refractivity contribution >= 4 is 29.1 Å². The second-order valence-corrected chi connectivity index (χ2v) is 5.73. The first-order valence-corrected chi connectivity index (χ1v) is 7.52. The number of nitrogens with two attached hydrogens (primary N) is 1. The summed E-state index contributed by atoms with van der Waals surface area (Å²) in [7, 11) is 0. The lowest BCUT2D eigenvalue weighted by Crippen LogP contribution is -2.18. The van der Waals surface area contributed by atoms with Gasteiger partial charge in [0.2, 0.25) is 5.95 Å². The molecule has 0 amide bonds. The summed E-state index contributed by atoms with van der Waals surface area (Å²) in [4.78, 5) is 20.3. The highest BCUT2D eigenvalue weighted by Gasteiger charge is 2.10. The van der Waals surface area contributed by atoms with Gasteiger partial charge in [-0.25, -0.2) is 9.97 Å². The summed E-state index contributed by atoms with van der Waals surface area (Å²) >= 11 is 0. The lowest BCUT2D eigenvalue weighted by molar-refractivity contribution is -0.464. The van der Waals surface area contributed by atoms with E-state index in [9.17, 15) is 10.1 Å². The first kappa shape index (κ1) is 15.7. The SMILES string of the molecule is CC(C)c1cc(C=Cc2c[n+](=O)c3ccccc3n2[O-])nc(N)n1. The van der Waals surface area contributed by atoms with Gasteiger partial charge in [0.1, 0.15) is 11.2 Å². The van der Waals surface area contributed by atoms with Crippen LogP contribution in [0, 0.1) is 10.1 Å². The van der Waals surface area contributed by atoms with Crippen LogP contribution in [0.1, 0.15) is 36.8 Å². The van der Waals surface area contributed by atoms with Crippen molar-refractivity contribution in [2.45, 2.75) is 19.8 Å². The summed E-state index contributed by atoms with van der Waals surface area (Å²) in [5, 5.41) is 12.4. The highest BCUT2D eigenvalue weighted by molar-refractivity contribution is 5.75. The van der Waals surface area contributed by atoms with E-state index in [1.54, 1.807) is 42.5 Å². The number of benzene rings is 1. The van der Waals surface area contributed by atoms with Gasteiger partial charge in [-0.15, -0.1) is 0 Å². The van der Waals surface area contributed by atoms with Gasteiger partial charge in [0.05, 0.1) is 10.1 Å². The molecule has 122 valence electrons. The summed E-state index contributed by atoms with van der Waals surface area (Å²) in [5.74, 6) is 0.379. The van der Waals surface area contributed by atoms with E-state index < -0.39 is 0 Å². The summed E-state index contributed by atoms with van der Waals surface area (Å²) in [6.45, 7) is 4.01. The second kappa shape index (κ2) is 6.11. The fourth-order valence-corrected chi connectivity index (χ4v) is 2.37. The van der Waals surface area contributed by atoms with Crippen molar-refractivity contribution in [2.75, 3.05) is 5.73 Å². The molecular formula is C17H17N5O2. The molecular weight excluding hydrogens is 306 g/mol. The van der Waals surface area contributed by atoms with E-state index in [4.69, 9.17) is 5.73 Å². The third kappa shape index (κ3) is 2.96. The average Bonchev–Trinajstić information content (AvgIpc) is 2.56. The molecule has 7 nitrogen and oxygen atoms in total. The molecule has 2 aromatic heterocycles. The fourth-order valence-electron chi connectivity index (χ4n) is 2.37. The Bertz CT molecular complexity index is 992. The van der Waals surface area contributed by atoms with E-state index in [0.717, 1.165) is 5.69 Å². The molecule has 0 saturated carbocycles. The molecule has 3 rings (SSSR count). The van der Waals surface area contributed by atoms with Crippen LogP contribution in [0.25, 0.3) is 23.2 Å². The van der Waals surface area contributed by atoms with Crippen LogP contribution in [0.15, 0.2) is 36.5 Å². The van der Waals surface area contributed by atoms with E-state index in [1.807, 2.05) is 13.8 Å². The Kier molecular flexibility index (Phi) is 3.99. The Morgan fingerprint density at radius 3 is 2.75 bits per heavy atom. The molecule has 0 unspecified atom stereocenters. The molecule has 0 aliphatic rings. The minimum atomic E-state index is 0.174. The van der Waals surface area contributed by atoms with Gasteiger partial charge >= 0.3 is 0 Å². The first-order valence-electron chi connectivity index (χ1n) is 7.52. The fraction of sp³-hybridized carbons (Fsp3) is 0.176. The Morgan fingerprint density at radius 2 is 2.00 bits per heavy atom. The molecule has 0 aliphatic heterocycles. The van der Waals surface area contributed by atoms with Crippen molar-refractivity contribution in [3.05, 3.63) is 63.7 Å². The van der Waals surface area contributed by atoms with Crippen molar-refractivity contribution in [3.63, 3.8) is 0 Å². The van der Waals surface area contributed by atoms with E-state index in [0.29, 0.717) is 25.9 Å². The Hall–Kier alpha value is -3.22. The number of nitrogen functional groups attached to an aromatic ring is 1. The molecule has 1 aromatic carbocycles. The minimum absolute atomic E-state index is 0.174. The molecule has 0 fully saturated rings. The number of nitrogens with zero attached hydrogens (tertiary/aromatic N) is 4. The van der Waals surface area contributed by atoms with Gasteiger partial charge in [-0.1, -0.05) is 26.0 Å².